The fraction of sp³-hybridized carbons (Fsp3) is 0.107. The van der Waals surface area contributed by atoms with Gasteiger partial charge in [0.25, 0.3) is 0 Å². The maximum absolute atomic E-state index is 6.34. The topological polar surface area (TPSA) is 63.8 Å². The minimum atomic E-state index is -0.102. The highest BCUT2D eigenvalue weighted by molar-refractivity contribution is 6.31. The SMILES string of the molecule is COc1ccc(C2CC(c3ccco3)=NN2c2nc(-c3ccccc3)c3cc(Cl)ccc3n2)cc1. The number of nitrogens with zero attached hydrogens (tertiary/aromatic N) is 4. The lowest BCUT2D eigenvalue weighted by molar-refractivity contribution is 0.414. The van der Waals surface area contributed by atoms with Gasteiger partial charge in [-0.3, -0.25) is 0 Å². The van der Waals surface area contributed by atoms with Crippen LogP contribution in [-0.4, -0.2) is 22.8 Å². The molecule has 7 heteroatoms. The summed E-state index contributed by atoms with van der Waals surface area (Å²) < 4.78 is 11.0. The number of hydrazone groups is 1. The smallest absolute Gasteiger partial charge is 0.247 e. The van der Waals surface area contributed by atoms with Crippen LogP contribution in [0.15, 0.2) is 101 Å². The number of fused-ring (bicyclic) bond motifs is 1. The molecule has 0 fully saturated rings. The van der Waals surface area contributed by atoms with Crippen LogP contribution in [0.3, 0.4) is 0 Å². The van der Waals surface area contributed by atoms with E-state index in [4.69, 9.17) is 35.8 Å². The second-order valence-electron chi connectivity index (χ2n) is 8.26. The van der Waals surface area contributed by atoms with E-state index in [1.165, 1.54) is 0 Å². The summed E-state index contributed by atoms with van der Waals surface area (Å²) in [4.78, 5) is 9.92. The maximum atomic E-state index is 6.34. The molecule has 0 aliphatic carbocycles. The Hall–Kier alpha value is -4.16. The maximum Gasteiger partial charge on any atom is 0.247 e. The van der Waals surface area contributed by atoms with Gasteiger partial charge >= 0.3 is 0 Å². The molecule has 1 atom stereocenters. The third kappa shape index (κ3) is 4.02. The normalized spacial score (nSPS) is 15.4. The third-order valence-corrected chi connectivity index (χ3v) is 6.35. The number of ether oxygens (including phenoxy) is 1. The van der Waals surface area contributed by atoms with Crippen LogP contribution in [0, 0.1) is 0 Å². The van der Waals surface area contributed by atoms with Crippen LogP contribution < -0.4 is 9.75 Å². The molecule has 3 aromatic carbocycles. The lowest BCUT2D eigenvalue weighted by Crippen LogP contribution is -2.21. The first-order valence-electron chi connectivity index (χ1n) is 11.3. The van der Waals surface area contributed by atoms with Crippen molar-refractivity contribution in [3.8, 4) is 17.0 Å². The highest BCUT2D eigenvalue weighted by Gasteiger charge is 2.33. The van der Waals surface area contributed by atoms with Crippen molar-refractivity contribution < 1.29 is 9.15 Å². The number of aromatic nitrogens is 2. The summed E-state index contributed by atoms with van der Waals surface area (Å²) in [6.07, 6.45) is 2.31. The highest BCUT2D eigenvalue weighted by atomic mass is 35.5. The monoisotopic (exact) mass is 480 g/mol. The van der Waals surface area contributed by atoms with Gasteiger partial charge in [-0.05, 0) is 48.0 Å². The van der Waals surface area contributed by atoms with E-state index in [0.717, 1.165) is 44.9 Å². The van der Waals surface area contributed by atoms with Gasteiger partial charge in [-0.15, -0.1) is 0 Å². The van der Waals surface area contributed by atoms with Crippen LogP contribution in [-0.2, 0) is 0 Å². The Morgan fingerprint density at radius 3 is 2.51 bits per heavy atom. The van der Waals surface area contributed by atoms with Crippen molar-refractivity contribution in [3.05, 3.63) is 108 Å². The van der Waals surface area contributed by atoms with Gasteiger partial charge < -0.3 is 9.15 Å². The molecule has 0 radical (unpaired) electrons. The average molecular weight is 481 g/mol. The Balaban J connectivity index is 1.52. The number of hydrogen-bond donors (Lipinski definition) is 0. The first kappa shape index (κ1) is 21.4. The molecule has 0 saturated carbocycles. The molecule has 35 heavy (non-hydrogen) atoms. The molecule has 172 valence electrons. The molecule has 0 spiro atoms. The molecule has 0 amide bonds. The first-order valence-corrected chi connectivity index (χ1v) is 11.6. The van der Waals surface area contributed by atoms with E-state index in [1.807, 2.05) is 77.8 Å². The Kier molecular flexibility index (Phi) is 5.43. The summed E-state index contributed by atoms with van der Waals surface area (Å²) in [7, 11) is 1.66. The van der Waals surface area contributed by atoms with Crippen LogP contribution >= 0.6 is 11.6 Å². The van der Waals surface area contributed by atoms with Crippen LogP contribution in [0.2, 0.25) is 5.02 Å². The largest absolute Gasteiger partial charge is 0.497 e. The molecule has 5 aromatic rings. The summed E-state index contributed by atoms with van der Waals surface area (Å²) in [5.74, 6) is 2.05. The molecule has 1 unspecified atom stereocenters. The number of methoxy groups -OCH3 is 1. The highest BCUT2D eigenvalue weighted by Crippen LogP contribution is 2.38. The molecule has 6 nitrogen and oxygen atoms in total. The van der Waals surface area contributed by atoms with Crippen LogP contribution in [0.5, 0.6) is 5.75 Å². The van der Waals surface area contributed by atoms with E-state index in [-0.39, 0.29) is 6.04 Å². The Morgan fingerprint density at radius 2 is 1.77 bits per heavy atom. The zero-order chi connectivity index (χ0) is 23.8. The Labute approximate surface area is 207 Å². The lowest BCUT2D eigenvalue weighted by atomic mass is 10.0. The second-order valence-corrected chi connectivity index (χ2v) is 8.70. The molecule has 6 rings (SSSR count). The minimum absolute atomic E-state index is 0.102. The van der Waals surface area contributed by atoms with Gasteiger partial charge in [0.15, 0.2) is 0 Å². The summed E-state index contributed by atoms with van der Waals surface area (Å²) in [6.45, 7) is 0. The third-order valence-electron chi connectivity index (χ3n) is 6.11. The number of halogens is 1. The van der Waals surface area contributed by atoms with Gasteiger partial charge in [0.05, 0.1) is 30.6 Å². The molecule has 0 saturated heterocycles. The fourth-order valence-electron chi connectivity index (χ4n) is 4.38. The van der Waals surface area contributed by atoms with Gasteiger partial charge in [0, 0.05) is 22.4 Å². The molecular weight excluding hydrogens is 460 g/mol. The molecule has 0 bridgehead atoms. The van der Waals surface area contributed by atoms with Crippen molar-refractivity contribution >= 4 is 34.2 Å². The Bertz CT molecular complexity index is 1520. The second kappa shape index (κ2) is 8.89. The summed E-state index contributed by atoms with van der Waals surface area (Å²) in [5, 5.41) is 8.36. The van der Waals surface area contributed by atoms with Gasteiger partial charge in [0.2, 0.25) is 5.95 Å². The van der Waals surface area contributed by atoms with Crippen molar-refractivity contribution in [2.45, 2.75) is 12.5 Å². The van der Waals surface area contributed by atoms with E-state index < -0.39 is 0 Å². The molecule has 2 aromatic heterocycles. The first-order chi connectivity index (χ1) is 17.2. The molecule has 1 aliphatic heterocycles. The van der Waals surface area contributed by atoms with E-state index in [1.54, 1.807) is 13.4 Å². The van der Waals surface area contributed by atoms with E-state index >= 15 is 0 Å². The zero-order valence-electron chi connectivity index (χ0n) is 18.9. The predicted molar refractivity (Wildman–Crippen MR) is 138 cm³/mol. The molecule has 0 N–H and O–H groups in total. The van der Waals surface area contributed by atoms with Crippen LogP contribution in [0.25, 0.3) is 22.2 Å². The zero-order valence-corrected chi connectivity index (χ0v) is 19.7. The number of benzene rings is 3. The summed E-state index contributed by atoms with van der Waals surface area (Å²) >= 11 is 6.34. The van der Waals surface area contributed by atoms with Gasteiger partial charge in [-0.1, -0.05) is 54.1 Å². The minimum Gasteiger partial charge on any atom is -0.497 e. The quantitative estimate of drug-likeness (QED) is 0.273. The van der Waals surface area contributed by atoms with Crippen LogP contribution in [0.4, 0.5) is 5.95 Å². The van der Waals surface area contributed by atoms with Crippen molar-refractivity contribution in [2.24, 2.45) is 5.10 Å². The van der Waals surface area contributed by atoms with Crippen molar-refractivity contribution in [1.82, 2.24) is 9.97 Å². The summed E-state index contributed by atoms with van der Waals surface area (Å²) in [5.41, 5.74) is 4.52. The Morgan fingerprint density at radius 1 is 0.943 bits per heavy atom. The lowest BCUT2D eigenvalue weighted by Gasteiger charge is -2.23. The number of furan rings is 1. The van der Waals surface area contributed by atoms with E-state index in [2.05, 4.69) is 12.1 Å². The van der Waals surface area contributed by atoms with Gasteiger partial charge in [-0.25, -0.2) is 15.0 Å². The summed E-state index contributed by atoms with van der Waals surface area (Å²) in [6, 6.07) is 27.4. The van der Waals surface area contributed by atoms with Gasteiger partial charge in [0.1, 0.15) is 17.2 Å². The van der Waals surface area contributed by atoms with Gasteiger partial charge in [-0.2, -0.15) is 5.10 Å². The molecule has 3 heterocycles. The standard InChI is InChI=1S/C28H21ClN4O2/c1-34-21-12-9-18(10-13-21)25-17-24(26-8-5-15-35-26)32-33(25)28-30-23-14-11-20(29)16-22(23)27(31-28)19-6-3-2-4-7-19/h2-16,25H,17H2,1H3. The van der Waals surface area contributed by atoms with Crippen molar-refractivity contribution in [3.63, 3.8) is 0 Å². The van der Waals surface area contributed by atoms with E-state index in [9.17, 15) is 0 Å². The van der Waals surface area contributed by atoms with Crippen LogP contribution in [0.1, 0.15) is 23.8 Å². The number of hydrogen-bond acceptors (Lipinski definition) is 6. The average Bonchev–Trinajstić information content (AvgIpc) is 3.59. The molecular formula is C28H21ClN4O2. The molecule has 1 aliphatic rings. The van der Waals surface area contributed by atoms with Crippen molar-refractivity contribution in [1.29, 1.82) is 0 Å². The van der Waals surface area contributed by atoms with Crippen molar-refractivity contribution in [2.75, 3.05) is 12.1 Å². The van der Waals surface area contributed by atoms with E-state index in [0.29, 0.717) is 17.4 Å². The number of anilines is 1. The number of rotatable bonds is 5. The fourth-order valence-corrected chi connectivity index (χ4v) is 4.55. The predicted octanol–water partition coefficient (Wildman–Crippen LogP) is 6.91.